The molecule has 0 fully saturated rings. The van der Waals surface area contributed by atoms with Crippen LogP contribution in [0.25, 0.3) is 0 Å². The number of terminal acetylenes is 1. The van der Waals surface area contributed by atoms with Crippen LogP contribution in [0.1, 0.15) is 22.4 Å². The lowest BCUT2D eigenvalue weighted by molar-refractivity contribution is -0.110. The second-order valence-electron chi connectivity index (χ2n) is 4.83. The number of oxazole rings is 1. The summed E-state index contributed by atoms with van der Waals surface area (Å²) < 4.78 is 10.6. The van der Waals surface area contributed by atoms with E-state index in [1.54, 1.807) is 0 Å². The molecule has 0 spiro atoms. The fraction of sp³-hybridized carbons (Fsp3) is 0.250. The Morgan fingerprint density at radius 3 is 3.10 bits per heavy atom. The first kappa shape index (κ1) is 12.5. The van der Waals surface area contributed by atoms with Crippen molar-refractivity contribution in [1.82, 2.24) is 4.98 Å². The summed E-state index contributed by atoms with van der Waals surface area (Å²) >= 11 is 0. The molecule has 1 heterocycles. The number of aromatic nitrogens is 1. The molecule has 1 aliphatic rings. The minimum absolute atomic E-state index is 0.0305. The van der Waals surface area contributed by atoms with Gasteiger partial charge in [0.15, 0.2) is 6.39 Å². The molecule has 0 radical (unpaired) electrons. The maximum absolute atomic E-state index is 10.9. The van der Waals surface area contributed by atoms with E-state index in [-0.39, 0.29) is 5.92 Å². The number of hydrogen-bond acceptors (Lipinski definition) is 4. The maximum Gasteiger partial charge on any atom is 0.180 e. The first-order chi connectivity index (χ1) is 9.80. The van der Waals surface area contributed by atoms with Gasteiger partial charge in [-0.25, -0.2) is 4.98 Å². The van der Waals surface area contributed by atoms with Crippen LogP contribution in [0.4, 0.5) is 0 Å². The van der Waals surface area contributed by atoms with Crippen LogP contribution < -0.4 is 4.74 Å². The van der Waals surface area contributed by atoms with Crippen molar-refractivity contribution in [1.29, 1.82) is 0 Å². The Morgan fingerprint density at radius 1 is 1.50 bits per heavy atom. The van der Waals surface area contributed by atoms with Crippen LogP contribution in [-0.2, 0) is 24.2 Å². The van der Waals surface area contributed by atoms with E-state index < -0.39 is 0 Å². The number of aldehydes is 1. The SMILES string of the molecule is C#Cc1cc(OCc2cocn2)cc2c1CC(C=O)C2. The molecule has 1 aliphatic carbocycles. The Bertz CT molecular complexity index is 668. The number of carbonyl (C=O) groups excluding carboxylic acids is 1. The summed E-state index contributed by atoms with van der Waals surface area (Å²) in [7, 11) is 0. The molecule has 4 nitrogen and oxygen atoms in total. The fourth-order valence-corrected chi connectivity index (χ4v) is 2.52. The molecule has 0 bridgehead atoms. The van der Waals surface area contributed by atoms with Crippen molar-refractivity contribution >= 4 is 6.29 Å². The van der Waals surface area contributed by atoms with Crippen molar-refractivity contribution in [2.24, 2.45) is 5.92 Å². The lowest BCUT2D eigenvalue weighted by Gasteiger charge is -2.09. The van der Waals surface area contributed by atoms with Gasteiger partial charge in [-0.15, -0.1) is 6.42 Å². The smallest absolute Gasteiger partial charge is 0.180 e. The minimum atomic E-state index is 0.0305. The monoisotopic (exact) mass is 267 g/mol. The summed E-state index contributed by atoms with van der Waals surface area (Å²) in [5, 5.41) is 0. The first-order valence-electron chi connectivity index (χ1n) is 6.37. The highest BCUT2D eigenvalue weighted by Crippen LogP contribution is 2.32. The molecule has 100 valence electrons. The zero-order chi connectivity index (χ0) is 13.9. The van der Waals surface area contributed by atoms with Crippen molar-refractivity contribution in [2.75, 3.05) is 0 Å². The summed E-state index contributed by atoms with van der Waals surface area (Å²) in [6.07, 6.45) is 10.9. The molecule has 0 saturated carbocycles. The van der Waals surface area contributed by atoms with Gasteiger partial charge in [0.25, 0.3) is 0 Å². The molecule has 4 heteroatoms. The Labute approximate surface area is 116 Å². The summed E-state index contributed by atoms with van der Waals surface area (Å²) in [6, 6.07) is 3.80. The van der Waals surface area contributed by atoms with E-state index in [0.29, 0.717) is 12.4 Å². The van der Waals surface area contributed by atoms with Crippen molar-refractivity contribution in [3.63, 3.8) is 0 Å². The van der Waals surface area contributed by atoms with Gasteiger partial charge in [0.1, 0.15) is 30.6 Å². The topological polar surface area (TPSA) is 52.3 Å². The molecule has 1 aromatic carbocycles. The molecule has 3 rings (SSSR count). The van der Waals surface area contributed by atoms with Gasteiger partial charge in [0.2, 0.25) is 0 Å². The molecular weight excluding hydrogens is 254 g/mol. The predicted octanol–water partition coefficient (Wildman–Crippen LogP) is 2.15. The largest absolute Gasteiger partial charge is 0.487 e. The Kier molecular flexibility index (Phi) is 3.26. The van der Waals surface area contributed by atoms with E-state index in [1.165, 1.54) is 12.7 Å². The molecule has 0 amide bonds. The second-order valence-corrected chi connectivity index (χ2v) is 4.83. The maximum atomic E-state index is 10.9. The number of rotatable bonds is 4. The van der Waals surface area contributed by atoms with Crippen LogP contribution in [0.2, 0.25) is 0 Å². The van der Waals surface area contributed by atoms with E-state index in [2.05, 4.69) is 10.9 Å². The summed E-state index contributed by atoms with van der Waals surface area (Å²) in [5.41, 5.74) is 3.73. The fourth-order valence-electron chi connectivity index (χ4n) is 2.52. The van der Waals surface area contributed by atoms with E-state index >= 15 is 0 Å². The molecule has 1 atom stereocenters. The van der Waals surface area contributed by atoms with Gasteiger partial charge in [-0.05, 0) is 36.1 Å². The Morgan fingerprint density at radius 2 is 2.40 bits per heavy atom. The van der Waals surface area contributed by atoms with Crippen LogP contribution in [0.3, 0.4) is 0 Å². The Balaban J connectivity index is 1.83. The average Bonchev–Trinajstić information content (AvgIpc) is 3.12. The lowest BCUT2D eigenvalue weighted by Crippen LogP contribution is -1.99. The zero-order valence-corrected chi connectivity index (χ0v) is 10.8. The molecule has 0 aliphatic heterocycles. The van der Waals surface area contributed by atoms with Crippen molar-refractivity contribution < 1.29 is 13.9 Å². The number of hydrogen-bond donors (Lipinski definition) is 0. The molecule has 1 aromatic heterocycles. The third kappa shape index (κ3) is 2.30. The number of benzene rings is 1. The normalized spacial score (nSPS) is 16.4. The molecule has 0 saturated heterocycles. The quantitative estimate of drug-likeness (QED) is 0.629. The van der Waals surface area contributed by atoms with Crippen LogP contribution in [0, 0.1) is 18.3 Å². The van der Waals surface area contributed by atoms with Crippen molar-refractivity contribution in [2.45, 2.75) is 19.4 Å². The molecule has 2 aromatic rings. The molecular formula is C16H13NO3. The van der Waals surface area contributed by atoms with Gasteiger partial charge in [-0.2, -0.15) is 0 Å². The Hall–Kier alpha value is -2.54. The van der Waals surface area contributed by atoms with Gasteiger partial charge in [-0.1, -0.05) is 5.92 Å². The lowest BCUT2D eigenvalue weighted by atomic mass is 10.0. The predicted molar refractivity (Wildman–Crippen MR) is 72.2 cm³/mol. The highest BCUT2D eigenvalue weighted by atomic mass is 16.5. The molecule has 0 N–H and O–H groups in total. The standard InChI is InChI=1S/C16H13NO3/c1-2-12-5-15(20-9-14-8-19-10-17-14)6-13-3-11(7-18)4-16(12)13/h1,5-8,10-11H,3-4,9H2. The van der Waals surface area contributed by atoms with Crippen molar-refractivity contribution in [3.05, 3.63) is 47.2 Å². The van der Waals surface area contributed by atoms with Gasteiger partial charge in [0, 0.05) is 11.5 Å². The summed E-state index contributed by atoms with van der Waals surface area (Å²) in [4.78, 5) is 14.9. The summed E-state index contributed by atoms with van der Waals surface area (Å²) in [6.45, 7) is 0.330. The van der Waals surface area contributed by atoms with Gasteiger partial charge < -0.3 is 13.9 Å². The van der Waals surface area contributed by atoms with Crippen molar-refractivity contribution in [3.8, 4) is 18.1 Å². The van der Waals surface area contributed by atoms with E-state index in [1.807, 2.05) is 12.1 Å². The van der Waals surface area contributed by atoms with Gasteiger partial charge >= 0.3 is 0 Å². The molecule has 1 unspecified atom stereocenters. The van der Waals surface area contributed by atoms with Gasteiger partial charge in [-0.3, -0.25) is 0 Å². The number of ether oxygens (including phenoxy) is 1. The minimum Gasteiger partial charge on any atom is -0.487 e. The first-order valence-corrected chi connectivity index (χ1v) is 6.37. The van der Waals surface area contributed by atoms with Crippen LogP contribution in [-0.4, -0.2) is 11.3 Å². The van der Waals surface area contributed by atoms with Crippen LogP contribution >= 0.6 is 0 Å². The number of nitrogens with zero attached hydrogens (tertiary/aromatic N) is 1. The zero-order valence-electron chi connectivity index (χ0n) is 10.8. The number of carbonyl (C=O) groups is 1. The highest BCUT2D eigenvalue weighted by molar-refractivity contribution is 5.61. The average molecular weight is 267 g/mol. The van der Waals surface area contributed by atoms with Gasteiger partial charge in [0.05, 0.1) is 0 Å². The number of fused-ring (bicyclic) bond motifs is 1. The van der Waals surface area contributed by atoms with E-state index in [9.17, 15) is 4.79 Å². The van der Waals surface area contributed by atoms with Crippen LogP contribution in [0.15, 0.2) is 29.2 Å². The van der Waals surface area contributed by atoms with Crippen LogP contribution in [0.5, 0.6) is 5.75 Å². The third-order valence-electron chi connectivity index (χ3n) is 3.48. The van der Waals surface area contributed by atoms with E-state index in [4.69, 9.17) is 15.6 Å². The highest BCUT2D eigenvalue weighted by Gasteiger charge is 2.24. The second kappa shape index (κ2) is 5.22. The third-order valence-corrected chi connectivity index (χ3v) is 3.48. The van der Waals surface area contributed by atoms with E-state index in [0.717, 1.165) is 41.5 Å². The molecule has 20 heavy (non-hydrogen) atoms. The summed E-state index contributed by atoms with van der Waals surface area (Å²) in [5.74, 6) is 3.41.